The van der Waals surface area contributed by atoms with Gasteiger partial charge in [-0.05, 0) is 6.92 Å². The van der Waals surface area contributed by atoms with E-state index < -0.39 is 14.0 Å². The summed E-state index contributed by atoms with van der Waals surface area (Å²) in [5.74, 6) is 0. The summed E-state index contributed by atoms with van der Waals surface area (Å²) in [6, 6.07) is 0. The molecular weight excluding hydrogens is 205 g/mol. The summed E-state index contributed by atoms with van der Waals surface area (Å²) in [5, 5.41) is 0. The Hall–Kier alpha value is 0.575. The number of hydrogen-bond donors (Lipinski definition) is 1. The van der Waals surface area contributed by atoms with E-state index >= 15 is 0 Å². The van der Waals surface area contributed by atoms with Gasteiger partial charge in [-0.2, -0.15) is 0 Å². The third-order valence-corrected chi connectivity index (χ3v) is 0.429. The molecule has 0 radical (unpaired) electrons. The predicted molar refractivity (Wildman–Crippen MR) is 33.9 cm³/mol. The molecule has 0 spiro atoms. The maximum Gasteiger partial charge on any atom is 1.00 e. The molecule has 0 aliphatic rings. The number of carbonyl (C=O) groups is 1. The van der Waals surface area contributed by atoms with Crippen LogP contribution in [-0.2, 0) is 14.0 Å². The second-order valence-electron chi connectivity index (χ2n) is 1.36. The zero-order valence-corrected chi connectivity index (χ0v) is 9.45. The first kappa shape index (κ1) is 24.0. The molecule has 0 rings (SSSR count). The summed E-state index contributed by atoms with van der Waals surface area (Å²) in [6.07, 6.45) is -0.623. The fourth-order valence-electron chi connectivity index (χ4n) is 0.177. The van der Waals surface area contributed by atoms with E-state index in [-0.39, 0.29) is 37.7 Å². The number of ether oxygens (including phenoxy) is 2. The molecule has 0 fully saturated rings. The zero-order valence-electron chi connectivity index (χ0n) is 8.55. The van der Waals surface area contributed by atoms with Crippen LogP contribution in [0, 0.1) is 0 Å². The molecule has 74 valence electrons. The standard InChI is InChI=1S/C4H8O3.2Li.H3O4P/c1-3-7-4(5)6-2;;;1-5(2,3)4/h3H2,1-2H3;;;(H3,1,2,3,4)/q;2*+1;/p-2. The Kier molecular flexibility index (Phi) is 23.3. The maximum atomic E-state index is 9.97. The maximum absolute atomic E-state index is 9.97. The Morgan fingerprint density at radius 1 is 1.43 bits per heavy atom. The summed E-state index contributed by atoms with van der Waals surface area (Å²) in [6.45, 7) is 2.09. The first-order valence-electron chi connectivity index (χ1n) is 2.76. The van der Waals surface area contributed by atoms with Gasteiger partial charge in [0.25, 0.3) is 0 Å². The van der Waals surface area contributed by atoms with Crippen molar-refractivity contribution in [2.45, 2.75) is 6.92 Å². The molecule has 1 N–H and O–H groups in total. The normalized spacial score (nSPS) is 8.07. The van der Waals surface area contributed by atoms with Crippen LogP contribution in [0.15, 0.2) is 0 Å². The fourth-order valence-corrected chi connectivity index (χ4v) is 0.177. The first-order chi connectivity index (χ1) is 5.31. The van der Waals surface area contributed by atoms with Gasteiger partial charge in [-0.1, -0.05) is 0 Å². The van der Waals surface area contributed by atoms with Crippen molar-refractivity contribution in [1.82, 2.24) is 0 Å². The fraction of sp³-hybridized carbons (Fsp3) is 0.750. The van der Waals surface area contributed by atoms with E-state index in [1.54, 1.807) is 6.92 Å². The Labute approximate surface area is 106 Å². The van der Waals surface area contributed by atoms with Gasteiger partial charge in [-0.3, -0.25) is 0 Å². The van der Waals surface area contributed by atoms with E-state index in [0.717, 1.165) is 0 Å². The topological polar surface area (TPSA) is 119 Å². The van der Waals surface area contributed by atoms with Crippen LogP contribution in [-0.4, -0.2) is 24.8 Å². The van der Waals surface area contributed by atoms with E-state index in [2.05, 4.69) is 9.47 Å². The van der Waals surface area contributed by atoms with Crippen molar-refractivity contribution < 1.29 is 71.2 Å². The van der Waals surface area contributed by atoms with Crippen LogP contribution in [0.3, 0.4) is 0 Å². The summed E-state index contributed by atoms with van der Waals surface area (Å²) >= 11 is 0. The van der Waals surface area contributed by atoms with E-state index in [9.17, 15) is 4.79 Å². The Morgan fingerprint density at radius 3 is 1.79 bits per heavy atom. The van der Waals surface area contributed by atoms with Crippen molar-refractivity contribution in [2.75, 3.05) is 13.7 Å². The van der Waals surface area contributed by atoms with Gasteiger partial charge in [0.15, 0.2) is 0 Å². The quantitative estimate of drug-likeness (QED) is 0.261. The first-order valence-corrected chi connectivity index (χ1v) is 4.26. The second-order valence-corrected chi connectivity index (χ2v) is 2.29. The number of rotatable bonds is 1. The average molecular weight is 214 g/mol. The van der Waals surface area contributed by atoms with Crippen molar-refractivity contribution in [1.29, 1.82) is 0 Å². The van der Waals surface area contributed by atoms with E-state index in [1.165, 1.54) is 7.11 Å². The SMILES string of the molecule is CCOC(=O)OC.O=P([O-])([O-])O.[Li+].[Li+]. The van der Waals surface area contributed by atoms with Crippen molar-refractivity contribution >= 4 is 14.0 Å². The zero-order chi connectivity index (χ0) is 10.2. The largest absolute Gasteiger partial charge is 1.00 e. The Morgan fingerprint density at radius 2 is 1.71 bits per heavy atom. The molecule has 0 bridgehead atoms. The van der Waals surface area contributed by atoms with Gasteiger partial charge < -0.3 is 28.7 Å². The molecule has 0 saturated heterocycles. The van der Waals surface area contributed by atoms with Gasteiger partial charge in [0.1, 0.15) is 0 Å². The molecule has 0 atom stereocenters. The van der Waals surface area contributed by atoms with E-state index in [1.807, 2.05) is 0 Å². The van der Waals surface area contributed by atoms with Crippen LogP contribution in [0.2, 0.25) is 0 Å². The molecule has 0 saturated carbocycles. The van der Waals surface area contributed by atoms with Crippen LogP contribution < -0.4 is 47.5 Å². The molecule has 0 aromatic heterocycles. The molecule has 0 unspecified atom stereocenters. The predicted octanol–water partition coefficient (Wildman–Crippen LogP) is -7.40. The summed E-state index contributed by atoms with van der Waals surface area (Å²) in [5.41, 5.74) is 0. The number of phosphoric acid groups is 1. The average Bonchev–Trinajstić information content (AvgIpc) is 1.85. The van der Waals surface area contributed by atoms with Crippen molar-refractivity contribution in [3.63, 3.8) is 0 Å². The van der Waals surface area contributed by atoms with Gasteiger partial charge in [-0.25, -0.2) is 4.79 Å². The van der Waals surface area contributed by atoms with Gasteiger partial charge >= 0.3 is 43.9 Å². The van der Waals surface area contributed by atoms with Gasteiger partial charge in [0, 0.05) is 0 Å². The summed E-state index contributed by atoms with van der Waals surface area (Å²) in [4.78, 5) is 34.3. The minimum Gasteiger partial charge on any atom is -0.790 e. The van der Waals surface area contributed by atoms with Crippen LogP contribution in [0.1, 0.15) is 6.92 Å². The summed E-state index contributed by atoms with van der Waals surface area (Å²) < 4.78 is 17.1. The third kappa shape index (κ3) is 54.2. The Balaban J connectivity index is -0.0000000651. The smallest absolute Gasteiger partial charge is 0.790 e. The number of hydrogen-bond acceptors (Lipinski definition) is 6. The van der Waals surface area contributed by atoms with Gasteiger partial charge in [-0.15, -0.1) is 0 Å². The monoisotopic (exact) mass is 214 g/mol. The number of carbonyl (C=O) groups excluding carboxylic acids is 1. The molecule has 0 aliphatic carbocycles. The molecule has 0 amide bonds. The molecule has 10 heteroatoms. The molecule has 0 aromatic rings. The van der Waals surface area contributed by atoms with Gasteiger partial charge in [0.05, 0.1) is 21.5 Å². The van der Waals surface area contributed by atoms with E-state index in [4.69, 9.17) is 19.2 Å². The van der Waals surface area contributed by atoms with Crippen LogP contribution in [0.25, 0.3) is 0 Å². The molecule has 7 nitrogen and oxygen atoms in total. The Bertz CT molecular complexity index is 161. The molecular formula is C4H9Li2O7P. The van der Waals surface area contributed by atoms with Crippen molar-refractivity contribution in [3.05, 3.63) is 0 Å². The minimum absolute atomic E-state index is 0. The second kappa shape index (κ2) is 13.6. The van der Waals surface area contributed by atoms with Crippen LogP contribution >= 0.6 is 7.82 Å². The van der Waals surface area contributed by atoms with E-state index in [0.29, 0.717) is 6.61 Å². The van der Waals surface area contributed by atoms with Crippen molar-refractivity contribution in [3.8, 4) is 0 Å². The third-order valence-electron chi connectivity index (χ3n) is 0.429. The van der Waals surface area contributed by atoms with Crippen molar-refractivity contribution in [2.24, 2.45) is 0 Å². The number of methoxy groups -OCH3 is 1. The van der Waals surface area contributed by atoms with Crippen LogP contribution in [0.5, 0.6) is 0 Å². The minimum atomic E-state index is -5.14. The summed E-state index contributed by atoms with van der Waals surface area (Å²) in [7, 11) is -3.86. The van der Waals surface area contributed by atoms with Gasteiger partial charge in [0.2, 0.25) is 0 Å². The van der Waals surface area contributed by atoms with Crippen LogP contribution in [0.4, 0.5) is 4.79 Å². The molecule has 0 aliphatic heterocycles. The molecule has 14 heavy (non-hydrogen) atoms. The molecule has 0 aromatic carbocycles. The molecule has 0 heterocycles.